The van der Waals surface area contributed by atoms with Crippen LogP contribution in [-0.4, -0.2) is 46.2 Å². The Morgan fingerprint density at radius 2 is 1.95 bits per heavy atom. The molecule has 0 bridgehead atoms. The van der Waals surface area contributed by atoms with Crippen LogP contribution in [0.15, 0.2) is 30.3 Å². The van der Waals surface area contributed by atoms with Gasteiger partial charge >= 0.3 is 0 Å². The molecule has 0 saturated carbocycles. The number of para-hydroxylation sites is 1. The molecule has 1 atom stereocenters. The maximum absolute atomic E-state index is 12.5. The largest absolute Gasteiger partial charge is 0.494 e. The summed E-state index contributed by atoms with van der Waals surface area (Å²) >= 11 is 0. The molecule has 0 aromatic heterocycles. The maximum atomic E-state index is 12.5. The average Bonchev–Trinajstić information content (AvgIpc) is 2.55. The van der Waals surface area contributed by atoms with Crippen LogP contribution < -0.4 is 4.74 Å². The zero-order valence-corrected chi connectivity index (χ0v) is 14.2. The van der Waals surface area contributed by atoms with Gasteiger partial charge in [0, 0.05) is 41.3 Å². The zero-order valence-electron chi connectivity index (χ0n) is 13.4. The van der Waals surface area contributed by atoms with Crippen molar-refractivity contribution in [2.75, 3.05) is 25.2 Å². The number of hydrogen-bond acceptors (Lipinski definition) is 3. The predicted octanol–water partition coefficient (Wildman–Crippen LogP) is 2.46. The number of hydrogen-bond donors (Lipinski definition) is 0. The van der Waals surface area contributed by atoms with E-state index in [0.29, 0.717) is 24.5 Å². The Bertz CT molecular complexity index is 496. The highest BCUT2D eigenvalue weighted by molar-refractivity contribution is 7.85. The molecule has 4 nitrogen and oxygen atoms in total. The van der Waals surface area contributed by atoms with Crippen molar-refractivity contribution in [3.63, 3.8) is 0 Å². The molecule has 0 N–H and O–H groups in total. The highest BCUT2D eigenvalue weighted by Crippen LogP contribution is 2.18. The predicted molar refractivity (Wildman–Crippen MR) is 89.4 cm³/mol. The van der Waals surface area contributed by atoms with E-state index in [1.54, 1.807) is 0 Å². The van der Waals surface area contributed by atoms with Crippen LogP contribution in [0.2, 0.25) is 0 Å². The van der Waals surface area contributed by atoms with Crippen molar-refractivity contribution in [3.8, 4) is 5.75 Å². The van der Waals surface area contributed by atoms with Crippen molar-refractivity contribution >= 4 is 16.7 Å². The van der Waals surface area contributed by atoms with E-state index in [1.165, 1.54) is 0 Å². The number of ether oxygens (including phenoxy) is 1. The molecule has 1 aromatic rings. The molecule has 122 valence electrons. The van der Waals surface area contributed by atoms with Crippen LogP contribution in [-0.2, 0) is 15.6 Å². The van der Waals surface area contributed by atoms with Gasteiger partial charge in [-0.05, 0) is 31.4 Å². The second-order valence-corrected chi connectivity index (χ2v) is 7.58. The number of nitrogens with zero attached hydrogens (tertiary/aromatic N) is 1. The molecule has 0 aliphatic carbocycles. The van der Waals surface area contributed by atoms with Crippen LogP contribution in [0.5, 0.6) is 5.75 Å². The molecule has 22 heavy (non-hydrogen) atoms. The number of amides is 1. The van der Waals surface area contributed by atoms with Gasteiger partial charge in [-0.15, -0.1) is 0 Å². The summed E-state index contributed by atoms with van der Waals surface area (Å²) in [5.74, 6) is 2.38. The van der Waals surface area contributed by atoms with E-state index in [0.717, 1.165) is 18.6 Å². The van der Waals surface area contributed by atoms with Crippen molar-refractivity contribution in [1.29, 1.82) is 0 Å². The third kappa shape index (κ3) is 4.83. The molecule has 1 unspecified atom stereocenters. The van der Waals surface area contributed by atoms with Gasteiger partial charge in [0.2, 0.25) is 5.91 Å². The fourth-order valence-corrected chi connectivity index (χ4v) is 3.96. The highest BCUT2D eigenvalue weighted by atomic mass is 32.2. The molecule has 1 saturated heterocycles. The maximum Gasteiger partial charge on any atom is 0.225 e. The van der Waals surface area contributed by atoms with E-state index in [2.05, 4.69) is 0 Å². The Morgan fingerprint density at radius 3 is 2.59 bits per heavy atom. The summed E-state index contributed by atoms with van der Waals surface area (Å²) in [4.78, 5) is 14.3. The Morgan fingerprint density at radius 1 is 1.32 bits per heavy atom. The molecule has 5 heteroatoms. The lowest BCUT2D eigenvalue weighted by Crippen LogP contribution is -2.43. The van der Waals surface area contributed by atoms with E-state index < -0.39 is 10.8 Å². The van der Waals surface area contributed by atoms with E-state index in [9.17, 15) is 9.00 Å². The van der Waals surface area contributed by atoms with Crippen molar-refractivity contribution in [3.05, 3.63) is 30.3 Å². The van der Waals surface area contributed by atoms with E-state index >= 15 is 0 Å². The molecule has 2 rings (SSSR count). The summed E-state index contributed by atoms with van der Waals surface area (Å²) in [5.41, 5.74) is 0. The molecule has 0 radical (unpaired) electrons. The third-order valence-corrected chi connectivity index (χ3v) is 5.62. The normalized spacial score (nSPS) is 22.8. The van der Waals surface area contributed by atoms with Gasteiger partial charge in [-0.3, -0.25) is 9.00 Å². The second kappa shape index (κ2) is 8.32. The summed E-state index contributed by atoms with van der Waals surface area (Å²) in [6.07, 6.45) is 2.40. The van der Waals surface area contributed by atoms with Crippen LogP contribution in [0.25, 0.3) is 0 Å². The SMILES string of the molecule is CC(CCOc1ccccc1)C(=O)N(C)C1CCS(=O)CC1. The van der Waals surface area contributed by atoms with Gasteiger partial charge in [-0.1, -0.05) is 25.1 Å². The fourth-order valence-electron chi connectivity index (χ4n) is 2.69. The number of carbonyl (C=O) groups excluding carboxylic acids is 1. The molecule has 1 aliphatic heterocycles. The smallest absolute Gasteiger partial charge is 0.225 e. The van der Waals surface area contributed by atoms with Crippen molar-refractivity contribution in [2.45, 2.75) is 32.2 Å². The quantitative estimate of drug-likeness (QED) is 0.808. The third-order valence-electron chi connectivity index (χ3n) is 4.24. The molecule has 1 aromatic carbocycles. The minimum atomic E-state index is -0.685. The van der Waals surface area contributed by atoms with Gasteiger partial charge < -0.3 is 9.64 Å². The van der Waals surface area contributed by atoms with Gasteiger partial charge in [-0.25, -0.2) is 0 Å². The van der Waals surface area contributed by atoms with Gasteiger partial charge in [0.15, 0.2) is 0 Å². The first kappa shape index (κ1) is 17.0. The van der Waals surface area contributed by atoms with Crippen LogP contribution >= 0.6 is 0 Å². The molecule has 1 heterocycles. The Balaban J connectivity index is 1.75. The van der Waals surface area contributed by atoms with Gasteiger partial charge in [0.05, 0.1) is 6.61 Å². The first-order valence-electron chi connectivity index (χ1n) is 7.87. The molecule has 1 amide bonds. The van der Waals surface area contributed by atoms with E-state index in [-0.39, 0.29) is 17.9 Å². The standard InChI is InChI=1S/C17H25NO3S/c1-14(8-11-21-16-6-4-3-5-7-16)17(19)18(2)15-9-12-22(20)13-10-15/h3-7,14-15H,8-13H2,1-2H3. The summed E-state index contributed by atoms with van der Waals surface area (Å²) in [7, 11) is 1.19. The molecule has 1 aliphatic rings. The number of benzene rings is 1. The second-order valence-electron chi connectivity index (χ2n) is 5.88. The Hall–Kier alpha value is -1.36. The van der Waals surface area contributed by atoms with Gasteiger partial charge in [-0.2, -0.15) is 0 Å². The molecular weight excluding hydrogens is 298 g/mol. The summed E-state index contributed by atoms with van der Waals surface area (Å²) in [5, 5.41) is 0. The zero-order chi connectivity index (χ0) is 15.9. The Labute approximate surface area is 135 Å². The highest BCUT2D eigenvalue weighted by Gasteiger charge is 2.27. The molecule has 1 fully saturated rings. The van der Waals surface area contributed by atoms with Crippen LogP contribution in [0.1, 0.15) is 26.2 Å². The topological polar surface area (TPSA) is 46.6 Å². The molecule has 0 spiro atoms. The Kier molecular flexibility index (Phi) is 6.43. The lowest BCUT2D eigenvalue weighted by molar-refractivity contribution is -0.136. The summed E-state index contributed by atoms with van der Waals surface area (Å²) in [6.45, 7) is 2.49. The van der Waals surface area contributed by atoms with Crippen LogP contribution in [0.3, 0.4) is 0 Å². The van der Waals surface area contributed by atoms with Gasteiger partial charge in [0.1, 0.15) is 5.75 Å². The van der Waals surface area contributed by atoms with Crippen molar-refractivity contribution in [1.82, 2.24) is 4.90 Å². The average molecular weight is 323 g/mol. The molecular formula is C17H25NO3S. The van der Waals surface area contributed by atoms with Crippen LogP contribution in [0, 0.1) is 5.92 Å². The first-order chi connectivity index (χ1) is 10.6. The minimum absolute atomic E-state index is 0.0545. The lowest BCUT2D eigenvalue weighted by Gasteiger charge is -2.32. The lowest BCUT2D eigenvalue weighted by atomic mass is 10.0. The van der Waals surface area contributed by atoms with E-state index in [4.69, 9.17) is 4.74 Å². The number of carbonyl (C=O) groups is 1. The van der Waals surface area contributed by atoms with Crippen molar-refractivity contribution < 1.29 is 13.7 Å². The fraction of sp³-hybridized carbons (Fsp3) is 0.588. The van der Waals surface area contributed by atoms with E-state index in [1.807, 2.05) is 49.2 Å². The number of rotatable bonds is 6. The summed E-state index contributed by atoms with van der Waals surface area (Å²) in [6, 6.07) is 9.89. The monoisotopic (exact) mass is 323 g/mol. The van der Waals surface area contributed by atoms with Gasteiger partial charge in [0.25, 0.3) is 0 Å². The summed E-state index contributed by atoms with van der Waals surface area (Å²) < 4.78 is 17.1. The van der Waals surface area contributed by atoms with Crippen molar-refractivity contribution in [2.24, 2.45) is 5.92 Å². The van der Waals surface area contributed by atoms with Crippen LogP contribution in [0.4, 0.5) is 0 Å². The first-order valence-corrected chi connectivity index (χ1v) is 9.36. The minimum Gasteiger partial charge on any atom is -0.494 e.